The molecular formula is C21H32F3N3O3S. The number of rotatable bonds is 7. The number of likely N-dealkylation sites (tertiary alicyclic amines) is 1. The van der Waals surface area contributed by atoms with E-state index in [1.807, 2.05) is 5.38 Å². The van der Waals surface area contributed by atoms with Crippen LogP contribution in [0.3, 0.4) is 0 Å². The van der Waals surface area contributed by atoms with Gasteiger partial charge in [0.25, 0.3) is 0 Å². The van der Waals surface area contributed by atoms with Crippen molar-refractivity contribution in [2.45, 2.75) is 71.1 Å². The summed E-state index contributed by atoms with van der Waals surface area (Å²) in [4.78, 5) is 28.4. The standard InChI is InChI=1S/C17H23F3N2O2S.C4H9NO/c1-12(24-11-16(4-5-16)17(18,19)20)10-14(23)22-7-2-13(3-8-22)15-21-6-9-25-15;1-3(2)4(5)6/h6,9,12-13H,2-5,7-8,10-11H2,1H3;3H,1-2H3,(H2,5,6). The summed E-state index contributed by atoms with van der Waals surface area (Å²) in [6.45, 7) is 6.21. The lowest BCUT2D eigenvalue weighted by Gasteiger charge is -2.32. The zero-order valence-corrected chi connectivity index (χ0v) is 19.1. The Hall–Kier alpha value is -1.68. The number of nitrogens with zero attached hydrogens (tertiary/aromatic N) is 2. The summed E-state index contributed by atoms with van der Waals surface area (Å²) in [6.07, 6.45) is -0.765. The number of carbonyl (C=O) groups excluding carboxylic acids is 2. The molecular weight excluding hydrogens is 431 g/mol. The number of primary amides is 1. The summed E-state index contributed by atoms with van der Waals surface area (Å²) in [5, 5.41) is 3.07. The molecule has 1 saturated carbocycles. The Morgan fingerprint density at radius 3 is 2.29 bits per heavy atom. The number of thiazole rings is 1. The molecule has 1 aliphatic heterocycles. The average Bonchev–Trinajstić information content (AvgIpc) is 3.32. The van der Waals surface area contributed by atoms with E-state index >= 15 is 0 Å². The SMILES string of the molecule is CC(C)C(N)=O.CC(CC(=O)N1CCC(c2nccs2)CC1)OCC1(C(F)(F)F)CC1. The average molecular weight is 464 g/mol. The number of aromatic nitrogens is 1. The second-order valence-corrected chi connectivity index (χ2v) is 9.61. The van der Waals surface area contributed by atoms with E-state index in [2.05, 4.69) is 4.98 Å². The number of halogens is 3. The van der Waals surface area contributed by atoms with Crippen LogP contribution in [0.5, 0.6) is 0 Å². The molecule has 1 aromatic rings. The van der Waals surface area contributed by atoms with E-state index in [4.69, 9.17) is 10.5 Å². The molecule has 6 nitrogen and oxygen atoms in total. The van der Waals surface area contributed by atoms with Crippen LogP contribution in [0.1, 0.15) is 63.8 Å². The van der Waals surface area contributed by atoms with E-state index in [1.54, 1.807) is 43.2 Å². The first-order valence-corrected chi connectivity index (χ1v) is 11.5. The van der Waals surface area contributed by atoms with E-state index in [-0.39, 0.29) is 43.6 Å². The third kappa shape index (κ3) is 7.45. The van der Waals surface area contributed by atoms with Gasteiger partial charge in [-0.05, 0) is 32.6 Å². The number of hydrogen-bond donors (Lipinski definition) is 1. The molecule has 2 N–H and O–H groups in total. The third-order valence-electron chi connectivity index (χ3n) is 5.78. The van der Waals surface area contributed by atoms with Crippen LogP contribution in [0, 0.1) is 11.3 Å². The maximum absolute atomic E-state index is 12.9. The Labute approximate surface area is 185 Å². The molecule has 2 aliphatic rings. The van der Waals surface area contributed by atoms with Crippen LogP contribution >= 0.6 is 11.3 Å². The Bertz CT molecular complexity index is 713. The van der Waals surface area contributed by atoms with Crippen LogP contribution in [0.4, 0.5) is 13.2 Å². The molecule has 0 spiro atoms. The van der Waals surface area contributed by atoms with Crippen LogP contribution < -0.4 is 5.73 Å². The Morgan fingerprint density at radius 2 is 1.87 bits per heavy atom. The monoisotopic (exact) mass is 463 g/mol. The van der Waals surface area contributed by atoms with Gasteiger partial charge in [-0.25, -0.2) is 4.98 Å². The summed E-state index contributed by atoms with van der Waals surface area (Å²) < 4.78 is 44.0. The molecule has 1 aromatic heterocycles. The van der Waals surface area contributed by atoms with Gasteiger partial charge < -0.3 is 15.4 Å². The Morgan fingerprint density at radius 1 is 1.29 bits per heavy atom. The van der Waals surface area contributed by atoms with Gasteiger partial charge in [-0.3, -0.25) is 9.59 Å². The minimum Gasteiger partial charge on any atom is -0.377 e. The van der Waals surface area contributed by atoms with Crippen molar-refractivity contribution in [2.75, 3.05) is 19.7 Å². The van der Waals surface area contributed by atoms with Crippen LogP contribution in [-0.4, -0.2) is 53.7 Å². The first-order valence-electron chi connectivity index (χ1n) is 10.6. The molecule has 10 heteroatoms. The van der Waals surface area contributed by atoms with Crippen molar-refractivity contribution < 1.29 is 27.5 Å². The van der Waals surface area contributed by atoms with Gasteiger partial charge >= 0.3 is 6.18 Å². The minimum absolute atomic E-state index is 0.00926. The van der Waals surface area contributed by atoms with Crippen LogP contribution in [0.25, 0.3) is 0 Å². The number of alkyl halides is 3. The Balaban J connectivity index is 0.000000501. The van der Waals surface area contributed by atoms with Crippen LogP contribution in [0.2, 0.25) is 0 Å². The van der Waals surface area contributed by atoms with Gasteiger partial charge in [-0.15, -0.1) is 11.3 Å². The van der Waals surface area contributed by atoms with Crippen molar-refractivity contribution in [3.63, 3.8) is 0 Å². The molecule has 2 fully saturated rings. The minimum atomic E-state index is -4.21. The number of piperidine rings is 1. The van der Waals surface area contributed by atoms with E-state index in [0.717, 1.165) is 17.8 Å². The molecule has 0 aromatic carbocycles. The van der Waals surface area contributed by atoms with Gasteiger partial charge in [-0.2, -0.15) is 13.2 Å². The fraction of sp³-hybridized carbons (Fsp3) is 0.762. The predicted octanol–water partition coefficient (Wildman–Crippen LogP) is 4.11. The molecule has 31 heavy (non-hydrogen) atoms. The first kappa shape index (κ1) is 25.6. The number of hydrogen-bond acceptors (Lipinski definition) is 5. The van der Waals surface area contributed by atoms with E-state index in [0.29, 0.717) is 19.0 Å². The van der Waals surface area contributed by atoms with Crippen LogP contribution in [-0.2, 0) is 14.3 Å². The molecule has 1 unspecified atom stereocenters. The lowest BCUT2D eigenvalue weighted by atomic mass is 9.97. The first-order chi connectivity index (χ1) is 14.4. The van der Waals surface area contributed by atoms with Crippen molar-refractivity contribution in [3.8, 4) is 0 Å². The fourth-order valence-corrected chi connectivity index (χ4v) is 4.02. The van der Waals surface area contributed by atoms with Crippen molar-refractivity contribution in [2.24, 2.45) is 17.1 Å². The highest BCUT2D eigenvalue weighted by Gasteiger charge is 2.63. The quantitative estimate of drug-likeness (QED) is 0.659. The molecule has 176 valence electrons. The third-order valence-corrected chi connectivity index (χ3v) is 6.72. The number of ether oxygens (including phenoxy) is 1. The molecule has 0 bridgehead atoms. The summed E-state index contributed by atoms with van der Waals surface area (Å²) in [5.41, 5.74) is 3.13. The Kier molecular flexibility index (Phi) is 8.88. The van der Waals surface area contributed by atoms with Crippen molar-refractivity contribution >= 4 is 23.2 Å². The fourth-order valence-electron chi connectivity index (χ4n) is 3.21. The summed E-state index contributed by atoms with van der Waals surface area (Å²) in [7, 11) is 0. The predicted molar refractivity (Wildman–Crippen MR) is 112 cm³/mol. The van der Waals surface area contributed by atoms with Crippen LogP contribution in [0.15, 0.2) is 11.6 Å². The van der Waals surface area contributed by atoms with E-state index in [9.17, 15) is 22.8 Å². The largest absolute Gasteiger partial charge is 0.396 e. The maximum atomic E-state index is 12.9. The summed E-state index contributed by atoms with van der Waals surface area (Å²) >= 11 is 1.64. The number of nitrogens with two attached hydrogens (primary N) is 1. The van der Waals surface area contributed by atoms with Crippen molar-refractivity contribution in [1.82, 2.24) is 9.88 Å². The lowest BCUT2D eigenvalue weighted by Crippen LogP contribution is -2.39. The molecule has 3 rings (SSSR count). The van der Waals surface area contributed by atoms with E-state index in [1.165, 1.54) is 0 Å². The van der Waals surface area contributed by atoms with Crippen molar-refractivity contribution in [3.05, 3.63) is 16.6 Å². The zero-order chi connectivity index (χ0) is 23.2. The maximum Gasteiger partial charge on any atom is 0.396 e. The highest BCUT2D eigenvalue weighted by molar-refractivity contribution is 7.09. The van der Waals surface area contributed by atoms with Gasteiger partial charge in [0.2, 0.25) is 11.8 Å². The number of carbonyl (C=O) groups is 2. The molecule has 1 saturated heterocycles. The van der Waals surface area contributed by atoms with Gasteiger partial charge in [0.05, 0.1) is 29.6 Å². The molecule has 2 amide bonds. The number of amides is 2. The highest BCUT2D eigenvalue weighted by Crippen LogP contribution is 2.57. The molecule has 1 aliphatic carbocycles. The van der Waals surface area contributed by atoms with Crippen molar-refractivity contribution in [1.29, 1.82) is 0 Å². The molecule has 2 heterocycles. The van der Waals surface area contributed by atoms with Gasteiger partial charge in [0.15, 0.2) is 0 Å². The zero-order valence-electron chi connectivity index (χ0n) is 18.3. The molecule has 0 radical (unpaired) electrons. The second-order valence-electron chi connectivity index (χ2n) is 8.69. The lowest BCUT2D eigenvalue weighted by molar-refractivity contribution is -0.205. The molecule has 1 atom stereocenters. The van der Waals surface area contributed by atoms with E-state index < -0.39 is 17.7 Å². The van der Waals surface area contributed by atoms with Gasteiger partial charge in [0.1, 0.15) is 0 Å². The van der Waals surface area contributed by atoms with Gasteiger partial charge in [0, 0.05) is 36.5 Å². The topological polar surface area (TPSA) is 85.5 Å². The normalized spacial score (nSPS) is 19.5. The van der Waals surface area contributed by atoms with Gasteiger partial charge in [-0.1, -0.05) is 13.8 Å². The highest BCUT2D eigenvalue weighted by atomic mass is 32.1. The summed E-state index contributed by atoms with van der Waals surface area (Å²) in [5.74, 6) is 0.112. The smallest absolute Gasteiger partial charge is 0.377 e. The summed E-state index contributed by atoms with van der Waals surface area (Å²) in [6, 6.07) is 0. The second kappa shape index (κ2) is 10.8.